The molecule has 2 aromatic rings. The largest absolute Gasteiger partial charge is 0.338 e. The van der Waals surface area contributed by atoms with E-state index in [0.717, 1.165) is 45.2 Å². The summed E-state index contributed by atoms with van der Waals surface area (Å²) < 4.78 is 13.2. The van der Waals surface area contributed by atoms with Gasteiger partial charge < -0.3 is 15.5 Å². The van der Waals surface area contributed by atoms with Crippen LogP contribution < -0.4 is 10.6 Å². The maximum atomic E-state index is 13.2. The van der Waals surface area contributed by atoms with E-state index in [9.17, 15) is 9.18 Å². The fourth-order valence-electron chi connectivity index (χ4n) is 4.59. The number of halogens is 1. The van der Waals surface area contributed by atoms with Gasteiger partial charge in [-0.2, -0.15) is 5.26 Å². The first-order chi connectivity index (χ1) is 15.6. The highest BCUT2D eigenvalue weighted by molar-refractivity contribution is 5.89. The summed E-state index contributed by atoms with van der Waals surface area (Å²) in [5, 5.41) is 14.7. The molecule has 2 amide bonds. The first kappa shape index (κ1) is 23.7. The van der Waals surface area contributed by atoms with Crippen LogP contribution >= 0.6 is 0 Å². The molecule has 3 rings (SSSR count). The van der Waals surface area contributed by atoms with Crippen molar-refractivity contribution in [2.45, 2.75) is 51.5 Å². The summed E-state index contributed by atoms with van der Waals surface area (Å²) in [5.41, 5.74) is 2.34. The summed E-state index contributed by atoms with van der Waals surface area (Å²) in [6, 6.07) is 16.1. The summed E-state index contributed by atoms with van der Waals surface area (Å²) in [5.74, 6) is 0.431. The minimum atomic E-state index is -0.247. The molecule has 0 saturated carbocycles. The molecule has 6 heteroatoms. The van der Waals surface area contributed by atoms with Crippen LogP contribution in [0.5, 0.6) is 0 Å². The van der Waals surface area contributed by atoms with Gasteiger partial charge in [0, 0.05) is 18.3 Å². The van der Waals surface area contributed by atoms with Crippen molar-refractivity contribution in [3.63, 3.8) is 0 Å². The number of carbonyl (C=O) groups is 1. The van der Waals surface area contributed by atoms with Crippen LogP contribution in [-0.2, 0) is 6.42 Å². The van der Waals surface area contributed by atoms with E-state index in [-0.39, 0.29) is 11.8 Å². The van der Waals surface area contributed by atoms with Gasteiger partial charge >= 0.3 is 6.03 Å². The zero-order valence-electron chi connectivity index (χ0n) is 18.8. The fraction of sp³-hybridized carbons (Fsp3) is 0.462. The molecule has 32 heavy (non-hydrogen) atoms. The second-order valence-corrected chi connectivity index (χ2v) is 8.63. The van der Waals surface area contributed by atoms with Crippen LogP contribution in [0.25, 0.3) is 0 Å². The molecule has 0 spiro atoms. The van der Waals surface area contributed by atoms with Crippen molar-refractivity contribution in [3.8, 4) is 6.07 Å². The van der Waals surface area contributed by atoms with Crippen molar-refractivity contribution < 1.29 is 9.18 Å². The molecule has 1 saturated heterocycles. The predicted molar refractivity (Wildman–Crippen MR) is 126 cm³/mol. The number of benzene rings is 2. The van der Waals surface area contributed by atoms with Gasteiger partial charge in [-0.05, 0) is 93.4 Å². The second kappa shape index (κ2) is 12.2. The van der Waals surface area contributed by atoms with E-state index in [0.29, 0.717) is 29.8 Å². The van der Waals surface area contributed by atoms with E-state index in [1.807, 2.05) is 12.1 Å². The van der Waals surface area contributed by atoms with Crippen LogP contribution in [0.2, 0.25) is 0 Å². The normalized spacial score (nSPS) is 18.7. The average Bonchev–Trinajstić information content (AvgIpc) is 2.80. The molecule has 2 atom stereocenters. The fourth-order valence-corrected chi connectivity index (χ4v) is 4.59. The molecule has 2 aromatic carbocycles. The summed E-state index contributed by atoms with van der Waals surface area (Å²) in [6.07, 6.45) is 6.42. The number of amides is 2. The van der Waals surface area contributed by atoms with Gasteiger partial charge in [0.2, 0.25) is 0 Å². The highest BCUT2D eigenvalue weighted by atomic mass is 19.1. The van der Waals surface area contributed by atoms with Gasteiger partial charge in [-0.15, -0.1) is 0 Å². The first-order valence-electron chi connectivity index (χ1n) is 11.6. The zero-order valence-corrected chi connectivity index (χ0v) is 18.8. The number of nitriles is 1. The Bertz CT molecular complexity index is 909. The number of carbonyl (C=O) groups excluding carboxylic acids is 1. The third-order valence-electron chi connectivity index (χ3n) is 6.14. The molecule has 170 valence electrons. The smallest absolute Gasteiger partial charge is 0.319 e. The topological polar surface area (TPSA) is 68.2 Å². The summed E-state index contributed by atoms with van der Waals surface area (Å²) in [6.45, 7) is 5.04. The lowest BCUT2D eigenvalue weighted by atomic mass is 9.84. The molecular formula is C26H33FN4O. The number of urea groups is 1. The molecule has 0 bridgehead atoms. The van der Waals surface area contributed by atoms with Crippen molar-refractivity contribution in [1.29, 1.82) is 5.26 Å². The Morgan fingerprint density at radius 2 is 2.06 bits per heavy atom. The van der Waals surface area contributed by atoms with Crippen LogP contribution in [0.3, 0.4) is 0 Å². The van der Waals surface area contributed by atoms with Crippen LogP contribution in [0.4, 0.5) is 14.9 Å². The standard InChI is InChI=1S/C26H33FN4O/c1-2-14-31-15-12-21(16-20-8-10-23(27)11-9-20)18-25(31)7-4-13-29-26(32)30-24-6-3-5-22(17-24)19-28/h3,5-6,8-11,17,21,25H,2,4,7,12-16,18H2,1H3,(H2,29,30,32). The Kier molecular flexibility index (Phi) is 9.06. The quantitative estimate of drug-likeness (QED) is 0.522. The molecule has 2 unspecified atom stereocenters. The van der Waals surface area contributed by atoms with Crippen LogP contribution in [0.1, 0.15) is 50.2 Å². The predicted octanol–water partition coefficient (Wildman–Crippen LogP) is 5.33. The molecular weight excluding hydrogens is 403 g/mol. The molecule has 1 heterocycles. The molecule has 1 aliphatic rings. The maximum absolute atomic E-state index is 13.2. The zero-order chi connectivity index (χ0) is 22.8. The van der Waals surface area contributed by atoms with Gasteiger partial charge in [0.25, 0.3) is 0 Å². The van der Waals surface area contributed by atoms with Gasteiger partial charge in [-0.3, -0.25) is 0 Å². The number of anilines is 1. The number of hydrogen-bond acceptors (Lipinski definition) is 3. The number of hydrogen-bond donors (Lipinski definition) is 2. The number of rotatable bonds is 9. The highest BCUT2D eigenvalue weighted by Gasteiger charge is 2.27. The third kappa shape index (κ3) is 7.35. The van der Waals surface area contributed by atoms with E-state index in [2.05, 4.69) is 28.5 Å². The number of nitrogens with zero attached hydrogens (tertiary/aromatic N) is 2. The van der Waals surface area contributed by atoms with Crippen molar-refractivity contribution in [2.75, 3.05) is 25.0 Å². The molecule has 0 aliphatic carbocycles. The Morgan fingerprint density at radius 1 is 1.25 bits per heavy atom. The van der Waals surface area contributed by atoms with E-state index < -0.39 is 0 Å². The summed E-state index contributed by atoms with van der Waals surface area (Å²) in [7, 11) is 0. The molecule has 0 radical (unpaired) electrons. The maximum Gasteiger partial charge on any atom is 0.319 e. The minimum Gasteiger partial charge on any atom is -0.338 e. The highest BCUT2D eigenvalue weighted by Crippen LogP contribution is 2.28. The Hall–Kier alpha value is -2.91. The number of piperidine rings is 1. The van der Waals surface area contributed by atoms with Crippen molar-refractivity contribution >= 4 is 11.7 Å². The molecule has 5 nitrogen and oxygen atoms in total. The van der Waals surface area contributed by atoms with Crippen LogP contribution in [0.15, 0.2) is 48.5 Å². The monoisotopic (exact) mass is 436 g/mol. The van der Waals surface area contributed by atoms with Gasteiger partial charge in [0.1, 0.15) is 5.82 Å². The number of nitrogens with one attached hydrogen (secondary N) is 2. The average molecular weight is 437 g/mol. The van der Waals surface area contributed by atoms with Crippen molar-refractivity contribution in [3.05, 3.63) is 65.5 Å². The third-order valence-corrected chi connectivity index (χ3v) is 6.14. The van der Waals surface area contributed by atoms with Crippen LogP contribution in [-0.4, -0.2) is 36.6 Å². The Morgan fingerprint density at radius 3 is 2.81 bits per heavy atom. The summed E-state index contributed by atoms with van der Waals surface area (Å²) >= 11 is 0. The molecule has 0 aromatic heterocycles. The van der Waals surface area contributed by atoms with Crippen molar-refractivity contribution in [1.82, 2.24) is 10.2 Å². The minimum absolute atomic E-state index is 0.182. The number of likely N-dealkylation sites (tertiary alicyclic amines) is 1. The lowest BCUT2D eigenvalue weighted by molar-refractivity contribution is 0.104. The van der Waals surface area contributed by atoms with E-state index in [1.54, 1.807) is 36.4 Å². The molecule has 2 N–H and O–H groups in total. The summed E-state index contributed by atoms with van der Waals surface area (Å²) in [4.78, 5) is 14.8. The Labute approximate surface area is 190 Å². The van der Waals surface area contributed by atoms with Gasteiger partial charge in [-0.1, -0.05) is 25.1 Å². The van der Waals surface area contributed by atoms with E-state index in [1.165, 1.54) is 12.0 Å². The van der Waals surface area contributed by atoms with Gasteiger partial charge in [0.05, 0.1) is 11.6 Å². The Balaban J connectivity index is 1.44. The molecule has 1 aliphatic heterocycles. The van der Waals surface area contributed by atoms with Gasteiger partial charge in [-0.25, -0.2) is 9.18 Å². The van der Waals surface area contributed by atoms with Crippen molar-refractivity contribution in [2.24, 2.45) is 5.92 Å². The molecule has 1 fully saturated rings. The lowest BCUT2D eigenvalue weighted by Gasteiger charge is -2.40. The van der Waals surface area contributed by atoms with E-state index in [4.69, 9.17) is 5.26 Å². The van der Waals surface area contributed by atoms with Crippen LogP contribution in [0, 0.1) is 23.1 Å². The second-order valence-electron chi connectivity index (χ2n) is 8.63. The SMILES string of the molecule is CCCN1CCC(Cc2ccc(F)cc2)CC1CCCNC(=O)Nc1cccc(C#N)c1. The first-order valence-corrected chi connectivity index (χ1v) is 11.6. The lowest BCUT2D eigenvalue weighted by Crippen LogP contribution is -2.43. The van der Waals surface area contributed by atoms with E-state index >= 15 is 0 Å². The van der Waals surface area contributed by atoms with Gasteiger partial charge in [0.15, 0.2) is 0 Å².